The van der Waals surface area contributed by atoms with Crippen molar-refractivity contribution in [2.24, 2.45) is 0 Å². The van der Waals surface area contributed by atoms with E-state index in [1.54, 1.807) is 22.3 Å². The summed E-state index contributed by atoms with van der Waals surface area (Å²) in [4.78, 5) is 11.0. The second-order valence-electron chi connectivity index (χ2n) is 3.04. The number of ether oxygens (including phenoxy) is 1. The molecule has 2 rings (SSSR count). The van der Waals surface area contributed by atoms with Gasteiger partial charge in [-0.2, -0.15) is 5.10 Å². The summed E-state index contributed by atoms with van der Waals surface area (Å²) in [6.07, 6.45) is 3.52. The summed E-state index contributed by atoms with van der Waals surface area (Å²) in [6.45, 7) is 1.00. The summed E-state index contributed by atoms with van der Waals surface area (Å²) in [7, 11) is 0. The quantitative estimate of drug-likeness (QED) is 0.861. The van der Waals surface area contributed by atoms with Crippen molar-refractivity contribution in [3.63, 3.8) is 0 Å². The number of hydrogen-bond acceptors (Lipinski definition) is 4. The molecule has 0 aliphatic rings. The molecule has 16 heavy (non-hydrogen) atoms. The fourth-order valence-electron chi connectivity index (χ4n) is 1.25. The van der Waals surface area contributed by atoms with E-state index in [9.17, 15) is 4.79 Å². The molecule has 0 fully saturated rings. The van der Waals surface area contributed by atoms with Gasteiger partial charge in [0.2, 0.25) is 0 Å². The standard InChI is InChI=1S/C10H10N2O3S/c13-10(14)9-8(2-7-16-9)15-6-5-12-4-1-3-11-12/h1-4,7H,5-6H2,(H,13,14). The van der Waals surface area contributed by atoms with Crippen LogP contribution in [0, 0.1) is 0 Å². The van der Waals surface area contributed by atoms with Gasteiger partial charge in [0, 0.05) is 12.4 Å². The van der Waals surface area contributed by atoms with Gasteiger partial charge >= 0.3 is 5.97 Å². The summed E-state index contributed by atoms with van der Waals surface area (Å²) in [5.74, 6) is -0.534. The number of thiophene rings is 1. The van der Waals surface area contributed by atoms with Crippen LogP contribution < -0.4 is 4.74 Å². The number of aromatic carboxylic acids is 1. The number of carbonyl (C=O) groups is 1. The molecule has 1 N–H and O–H groups in total. The Kier molecular flexibility index (Phi) is 3.21. The van der Waals surface area contributed by atoms with Crippen molar-refractivity contribution in [1.29, 1.82) is 0 Å². The molecule has 0 radical (unpaired) electrons. The largest absolute Gasteiger partial charge is 0.490 e. The minimum absolute atomic E-state index is 0.237. The minimum atomic E-state index is -0.955. The Labute approximate surface area is 95.9 Å². The van der Waals surface area contributed by atoms with E-state index in [1.807, 2.05) is 12.3 Å². The van der Waals surface area contributed by atoms with Crippen LogP contribution >= 0.6 is 11.3 Å². The molecule has 0 aliphatic heterocycles. The van der Waals surface area contributed by atoms with Crippen molar-refractivity contribution in [2.45, 2.75) is 6.54 Å². The van der Waals surface area contributed by atoms with Crippen molar-refractivity contribution in [1.82, 2.24) is 9.78 Å². The topological polar surface area (TPSA) is 64.3 Å². The molecular formula is C10H10N2O3S. The lowest BCUT2D eigenvalue weighted by atomic mass is 10.4. The van der Waals surface area contributed by atoms with Crippen LogP contribution in [0.4, 0.5) is 0 Å². The number of carboxylic acids is 1. The van der Waals surface area contributed by atoms with Crippen LogP contribution in [0.1, 0.15) is 9.67 Å². The molecule has 0 spiro atoms. The second-order valence-corrected chi connectivity index (χ2v) is 3.95. The Morgan fingerprint density at radius 3 is 3.19 bits per heavy atom. The van der Waals surface area contributed by atoms with Crippen LogP contribution in [0.3, 0.4) is 0 Å². The summed E-state index contributed by atoms with van der Waals surface area (Å²) >= 11 is 1.16. The zero-order valence-corrected chi connectivity index (χ0v) is 9.18. The third kappa shape index (κ3) is 2.40. The highest BCUT2D eigenvalue weighted by Gasteiger charge is 2.12. The average molecular weight is 238 g/mol. The van der Waals surface area contributed by atoms with Crippen molar-refractivity contribution in [2.75, 3.05) is 6.61 Å². The first-order valence-electron chi connectivity index (χ1n) is 4.68. The molecule has 6 heteroatoms. The lowest BCUT2D eigenvalue weighted by Gasteiger charge is -2.05. The fourth-order valence-corrected chi connectivity index (χ4v) is 1.92. The van der Waals surface area contributed by atoms with Crippen molar-refractivity contribution >= 4 is 17.3 Å². The van der Waals surface area contributed by atoms with E-state index in [1.165, 1.54) is 0 Å². The zero-order chi connectivity index (χ0) is 11.4. The van der Waals surface area contributed by atoms with E-state index >= 15 is 0 Å². The molecule has 0 amide bonds. The van der Waals surface area contributed by atoms with Crippen molar-refractivity contribution in [3.05, 3.63) is 34.8 Å². The normalized spacial score (nSPS) is 10.2. The van der Waals surface area contributed by atoms with Gasteiger partial charge in [-0.3, -0.25) is 4.68 Å². The molecule has 0 saturated carbocycles. The Bertz CT molecular complexity index is 464. The molecule has 5 nitrogen and oxygen atoms in total. The number of nitrogens with zero attached hydrogens (tertiary/aromatic N) is 2. The number of rotatable bonds is 5. The molecule has 2 aromatic heterocycles. The van der Waals surface area contributed by atoms with E-state index in [-0.39, 0.29) is 4.88 Å². The summed E-state index contributed by atoms with van der Waals surface area (Å²) < 4.78 is 7.11. The second kappa shape index (κ2) is 4.80. The van der Waals surface area contributed by atoms with Gasteiger partial charge in [0.15, 0.2) is 4.88 Å². The van der Waals surface area contributed by atoms with Gasteiger partial charge in [0.1, 0.15) is 12.4 Å². The maximum absolute atomic E-state index is 10.8. The van der Waals surface area contributed by atoms with Gasteiger partial charge in [-0.1, -0.05) is 0 Å². The number of hydrogen-bond donors (Lipinski definition) is 1. The average Bonchev–Trinajstić information content (AvgIpc) is 2.87. The van der Waals surface area contributed by atoms with Crippen LogP contribution in [-0.4, -0.2) is 27.5 Å². The van der Waals surface area contributed by atoms with Crippen molar-refractivity contribution < 1.29 is 14.6 Å². The van der Waals surface area contributed by atoms with Crippen molar-refractivity contribution in [3.8, 4) is 5.75 Å². The lowest BCUT2D eigenvalue weighted by Crippen LogP contribution is -2.09. The minimum Gasteiger partial charge on any atom is -0.490 e. The first-order chi connectivity index (χ1) is 7.77. The predicted octanol–water partition coefficient (Wildman–Crippen LogP) is 1.72. The van der Waals surface area contributed by atoms with Gasteiger partial charge in [-0.15, -0.1) is 11.3 Å². The Hall–Kier alpha value is -1.82. The molecule has 0 atom stereocenters. The molecule has 84 valence electrons. The van der Waals surface area contributed by atoms with Gasteiger partial charge in [-0.25, -0.2) is 4.79 Å². The maximum atomic E-state index is 10.8. The Morgan fingerprint density at radius 2 is 2.50 bits per heavy atom. The monoisotopic (exact) mass is 238 g/mol. The van der Waals surface area contributed by atoms with Crippen LogP contribution in [-0.2, 0) is 6.54 Å². The molecule has 0 aromatic carbocycles. The maximum Gasteiger partial charge on any atom is 0.349 e. The van der Waals surface area contributed by atoms with E-state index in [2.05, 4.69) is 5.10 Å². The zero-order valence-electron chi connectivity index (χ0n) is 8.37. The Balaban J connectivity index is 1.90. The van der Waals surface area contributed by atoms with E-state index < -0.39 is 5.97 Å². The highest BCUT2D eigenvalue weighted by Crippen LogP contribution is 2.24. The summed E-state index contributed by atoms with van der Waals surface area (Å²) in [5, 5.41) is 14.6. The lowest BCUT2D eigenvalue weighted by molar-refractivity contribution is 0.0698. The molecule has 0 unspecified atom stereocenters. The molecule has 2 heterocycles. The number of carboxylic acid groups (broad SMARTS) is 1. The fraction of sp³-hybridized carbons (Fsp3) is 0.200. The van der Waals surface area contributed by atoms with Gasteiger partial charge in [0.25, 0.3) is 0 Å². The van der Waals surface area contributed by atoms with Gasteiger partial charge < -0.3 is 9.84 Å². The molecule has 0 aliphatic carbocycles. The SMILES string of the molecule is O=C(O)c1sccc1OCCn1cccn1. The highest BCUT2D eigenvalue weighted by molar-refractivity contribution is 7.12. The van der Waals surface area contributed by atoms with Crippen LogP contribution in [0.15, 0.2) is 29.9 Å². The summed E-state index contributed by atoms with van der Waals surface area (Å²) in [6, 6.07) is 3.49. The van der Waals surface area contributed by atoms with Crippen LogP contribution in [0.25, 0.3) is 0 Å². The Morgan fingerprint density at radius 1 is 1.62 bits per heavy atom. The van der Waals surface area contributed by atoms with Crippen LogP contribution in [0.2, 0.25) is 0 Å². The summed E-state index contributed by atoms with van der Waals surface area (Å²) in [5.41, 5.74) is 0. The third-order valence-electron chi connectivity index (χ3n) is 1.96. The molecular weight excluding hydrogens is 228 g/mol. The van der Waals surface area contributed by atoms with E-state index in [0.29, 0.717) is 18.9 Å². The predicted molar refractivity (Wildman–Crippen MR) is 59.0 cm³/mol. The van der Waals surface area contributed by atoms with Crippen LogP contribution in [0.5, 0.6) is 5.75 Å². The van der Waals surface area contributed by atoms with Gasteiger partial charge in [0.05, 0.1) is 6.54 Å². The van der Waals surface area contributed by atoms with E-state index in [4.69, 9.17) is 9.84 Å². The molecule has 0 bridgehead atoms. The van der Waals surface area contributed by atoms with Gasteiger partial charge in [-0.05, 0) is 17.5 Å². The highest BCUT2D eigenvalue weighted by atomic mass is 32.1. The first-order valence-corrected chi connectivity index (χ1v) is 5.56. The van der Waals surface area contributed by atoms with E-state index in [0.717, 1.165) is 11.3 Å². The molecule has 2 aromatic rings. The third-order valence-corrected chi connectivity index (χ3v) is 2.84. The number of aromatic nitrogens is 2. The molecule has 0 saturated heterocycles. The smallest absolute Gasteiger partial charge is 0.349 e. The first kappa shape index (κ1) is 10.7.